The van der Waals surface area contributed by atoms with Crippen molar-refractivity contribution in [3.8, 4) is 34.1 Å². The summed E-state index contributed by atoms with van der Waals surface area (Å²) >= 11 is 0. The third kappa shape index (κ3) is 5.33. The molecule has 0 bridgehead atoms. The van der Waals surface area contributed by atoms with E-state index in [0.717, 1.165) is 18.4 Å². The van der Waals surface area contributed by atoms with Gasteiger partial charge in [-0.1, -0.05) is 6.07 Å². The smallest absolute Gasteiger partial charge is 0.317 e. The van der Waals surface area contributed by atoms with E-state index in [4.69, 9.17) is 23.7 Å². The molecule has 0 radical (unpaired) electrons. The predicted octanol–water partition coefficient (Wildman–Crippen LogP) is -0.219. The Kier molecular flexibility index (Phi) is 7.41. The average Bonchev–Trinajstić information content (AvgIpc) is 2.85. The molecular weight excluding hydrogens is 512 g/mol. The molecule has 5 atom stereocenters. The van der Waals surface area contributed by atoms with E-state index in [9.17, 15) is 45.0 Å². The number of aliphatic hydroxyl groups excluding tert-OH is 3. The molecule has 0 spiro atoms. The topological polar surface area (TPSA) is 234 Å². The van der Waals surface area contributed by atoms with Crippen molar-refractivity contribution in [3.63, 3.8) is 0 Å². The number of aromatic hydroxyl groups is 3. The van der Waals surface area contributed by atoms with Crippen LogP contribution in [0.2, 0.25) is 0 Å². The summed E-state index contributed by atoms with van der Waals surface area (Å²) in [6.45, 7) is -0.662. The minimum Gasteiger partial charge on any atom is -0.507 e. The van der Waals surface area contributed by atoms with Crippen LogP contribution in [-0.4, -0.2) is 85.0 Å². The maximum absolute atomic E-state index is 13.0. The number of aliphatic carboxylic acids is 1. The van der Waals surface area contributed by atoms with Crippen molar-refractivity contribution in [1.29, 1.82) is 0 Å². The fourth-order valence-electron chi connectivity index (χ4n) is 3.80. The van der Waals surface area contributed by atoms with Gasteiger partial charge in [0.15, 0.2) is 11.5 Å². The van der Waals surface area contributed by atoms with Crippen LogP contribution in [0.5, 0.6) is 23.0 Å². The highest BCUT2D eigenvalue weighted by atomic mass is 16.7. The lowest BCUT2D eigenvalue weighted by Gasteiger charge is -2.39. The van der Waals surface area contributed by atoms with E-state index in [1.165, 1.54) is 18.2 Å². The van der Waals surface area contributed by atoms with Gasteiger partial charge in [0.05, 0.1) is 5.56 Å². The molecule has 2 heterocycles. The number of rotatable bonds is 7. The molecule has 4 rings (SSSR count). The van der Waals surface area contributed by atoms with Gasteiger partial charge in [0.1, 0.15) is 66.2 Å². The number of carbonyl (C=O) groups excluding carboxylic acids is 1. The molecule has 3 aromatic rings. The van der Waals surface area contributed by atoms with E-state index in [1.807, 2.05) is 0 Å². The van der Waals surface area contributed by atoms with E-state index in [0.29, 0.717) is 0 Å². The van der Waals surface area contributed by atoms with Crippen molar-refractivity contribution in [2.24, 2.45) is 0 Å². The van der Waals surface area contributed by atoms with Crippen molar-refractivity contribution in [2.75, 3.05) is 6.61 Å². The van der Waals surface area contributed by atoms with Crippen LogP contribution >= 0.6 is 0 Å². The first-order chi connectivity index (χ1) is 18.0. The predicted molar refractivity (Wildman–Crippen MR) is 123 cm³/mol. The number of hydrogen-bond acceptors (Lipinski definition) is 13. The number of phenolic OH excluding ortho intramolecular Hbond substituents is 3. The maximum Gasteiger partial charge on any atom is 0.317 e. The minimum atomic E-state index is -1.81. The quantitative estimate of drug-likeness (QED) is 0.118. The van der Waals surface area contributed by atoms with Gasteiger partial charge in [0, 0.05) is 12.1 Å². The first-order valence-corrected chi connectivity index (χ1v) is 11.0. The number of carbonyl (C=O) groups is 2. The van der Waals surface area contributed by atoms with E-state index < -0.39 is 78.3 Å². The molecule has 14 heteroatoms. The second-order valence-electron chi connectivity index (χ2n) is 8.38. The number of ether oxygens (including phenoxy) is 3. The van der Waals surface area contributed by atoms with Gasteiger partial charge < -0.3 is 54.4 Å². The van der Waals surface area contributed by atoms with Gasteiger partial charge in [0.2, 0.25) is 11.7 Å². The number of hydrogen-bond donors (Lipinski definition) is 7. The van der Waals surface area contributed by atoms with Crippen LogP contribution in [0.15, 0.2) is 45.8 Å². The van der Waals surface area contributed by atoms with Crippen molar-refractivity contribution in [2.45, 2.75) is 37.1 Å². The molecule has 202 valence electrons. The highest BCUT2D eigenvalue weighted by Crippen LogP contribution is 2.34. The lowest BCUT2D eigenvalue weighted by Crippen LogP contribution is -2.60. The van der Waals surface area contributed by atoms with Gasteiger partial charge in [-0.3, -0.25) is 14.4 Å². The number of carboxylic acid groups (broad SMARTS) is 1. The van der Waals surface area contributed by atoms with Gasteiger partial charge in [0.25, 0.3) is 0 Å². The van der Waals surface area contributed by atoms with Crippen LogP contribution in [0.1, 0.15) is 6.42 Å². The Morgan fingerprint density at radius 2 is 1.66 bits per heavy atom. The van der Waals surface area contributed by atoms with Crippen LogP contribution < -0.4 is 10.2 Å². The molecule has 14 nitrogen and oxygen atoms in total. The van der Waals surface area contributed by atoms with Gasteiger partial charge >= 0.3 is 11.9 Å². The summed E-state index contributed by atoms with van der Waals surface area (Å²) in [7, 11) is 0. The zero-order valence-electron chi connectivity index (χ0n) is 19.3. The van der Waals surface area contributed by atoms with Gasteiger partial charge in [-0.2, -0.15) is 0 Å². The van der Waals surface area contributed by atoms with Crippen LogP contribution in [0.25, 0.3) is 22.1 Å². The van der Waals surface area contributed by atoms with Crippen LogP contribution in [-0.2, 0) is 19.1 Å². The second kappa shape index (κ2) is 10.5. The molecule has 0 unspecified atom stereocenters. The third-order valence-electron chi connectivity index (χ3n) is 5.74. The van der Waals surface area contributed by atoms with Gasteiger partial charge in [-0.25, -0.2) is 0 Å². The van der Waals surface area contributed by atoms with Crippen molar-refractivity contribution >= 4 is 22.9 Å². The summed E-state index contributed by atoms with van der Waals surface area (Å²) in [6.07, 6.45) is -8.27. The zero-order chi connectivity index (χ0) is 27.7. The molecule has 1 aliphatic rings. The summed E-state index contributed by atoms with van der Waals surface area (Å²) < 4.78 is 21.1. The van der Waals surface area contributed by atoms with Crippen molar-refractivity contribution in [3.05, 3.63) is 46.8 Å². The number of esters is 1. The monoisotopic (exact) mass is 534 g/mol. The molecule has 7 N–H and O–H groups in total. The third-order valence-corrected chi connectivity index (χ3v) is 5.74. The van der Waals surface area contributed by atoms with Crippen LogP contribution in [0, 0.1) is 0 Å². The highest BCUT2D eigenvalue weighted by molar-refractivity contribution is 5.90. The highest BCUT2D eigenvalue weighted by Gasteiger charge is 2.45. The number of benzene rings is 2. The molecule has 1 aliphatic heterocycles. The van der Waals surface area contributed by atoms with Crippen molar-refractivity contribution < 1.29 is 64.0 Å². The Bertz CT molecular complexity index is 1430. The lowest BCUT2D eigenvalue weighted by molar-refractivity contribution is -0.278. The van der Waals surface area contributed by atoms with Gasteiger partial charge in [-0.05, 0) is 17.7 Å². The first kappa shape index (κ1) is 26.7. The van der Waals surface area contributed by atoms with E-state index >= 15 is 0 Å². The molecule has 0 saturated carbocycles. The second-order valence-corrected chi connectivity index (χ2v) is 8.38. The van der Waals surface area contributed by atoms with Crippen LogP contribution in [0.3, 0.4) is 0 Å². The molecule has 1 aromatic heterocycles. The largest absolute Gasteiger partial charge is 0.507 e. The van der Waals surface area contributed by atoms with Crippen LogP contribution in [0.4, 0.5) is 0 Å². The molecule has 2 aromatic carbocycles. The summed E-state index contributed by atoms with van der Waals surface area (Å²) in [4.78, 5) is 35.1. The molecular formula is C24H22O14. The Morgan fingerprint density at radius 3 is 2.34 bits per heavy atom. The fourth-order valence-corrected chi connectivity index (χ4v) is 3.80. The van der Waals surface area contributed by atoms with E-state index in [2.05, 4.69) is 0 Å². The van der Waals surface area contributed by atoms with E-state index in [-0.39, 0.29) is 27.8 Å². The Hall–Kier alpha value is -4.37. The summed E-state index contributed by atoms with van der Waals surface area (Å²) in [6, 6.07) is 5.86. The summed E-state index contributed by atoms with van der Waals surface area (Å²) in [5, 5.41) is 68.7. The number of phenols is 3. The Morgan fingerprint density at radius 1 is 0.921 bits per heavy atom. The van der Waals surface area contributed by atoms with Crippen molar-refractivity contribution in [1.82, 2.24) is 0 Å². The fraction of sp³-hybridized carbons (Fsp3) is 0.292. The average molecular weight is 534 g/mol. The molecule has 38 heavy (non-hydrogen) atoms. The van der Waals surface area contributed by atoms with E-state index in [1.54, 1.807) is 0 Å². The Balaban J connectivity index is 1.57. The number of carboxylic acids is 1. The SMILES string of the molecule is O=C(O)CC(=O)OC[C@@H]1O[C@@H](Oc2cc(O)c3c(=O)c(-c4ccc(O)c(O)c4)coc3c2)[C@H](O)[C@@H](O)[C@@H]1O. The Labute approximate surface area is 212 Å². The summed E-state index contributed by atoms with van der Waals surface area (Å²) in [5.41, 5.74) is -0.629. The molecule has 1 saturated heterocycles. The summed E-state index contributed by atoms with van der Waals surface area (Å²) in [5.74, 6) is -4.18. The maximum atomic E-state index is 13.0. The first-order valence-electron chi connectivity index (χ1n) is 11.0. The number of aliphatic hydroxyl groups is 3. The normalized spacial score (nSPS) is 23.2. The number of fused-ring (bicyclic) bond motifs is 1. The zero-order valence-corrected chi connectivity index (χ0v) is 19.3. The van der Waals surface area contributed by atoms with Gasteiger partial charge in [-0.15, -0.1) is 0 Å². The molecule has 1 fully saturated rings. The lowest BCUT2D eigenvalue weighted by atomic mass is 9.99. The molecule has 0 amide bonds. The minimum absolute atomic E-state index is 0.0276. The standard InChI is InChI=1S/C24H22O14/c25-12-2-1-9(3-13(12)26)11-7-35-15-5-10(4-14(27)19(15)20(11)31)37-24-23(34)22(33)21(32)16(38-24)8-36-18(30)6-17(28)29/h1-5,7,16,21-27,32-34H,6,8H2,(H,28,29)/t16-,21+,22-,23+,24+/m0/s1. The molecule has 0 aliphatic carbocycles.